The number of piperazine rings is 4. The summed E-state index contributed by atoms with van der Waals surface area (Å²) >= 11 is 6.42. The molecule has 4 aliphatic heterocycles. The Hall–Kier alpha value is -12.9. The summed E-state index contributed by atoms with van der Waals surface area (Å²) in [4.78, 5) is 136. The van der Waals surface area contributed by atoms with Crippen molar-refractivity contribution in [2.45, 2.75) is 202 Å². The maximum Gasteiger partial charge on any atom is 0.410 e. The number of fused-ring (bicyclic) bond motifs is 4. The number of ether oxygens (including phenoxy) is 1. The average molecular weight is 1890 g/mol. The standard InChI is InChI=1S/C27H32FN3O4.C26H30FN3O4.C25H27ClFN3O4.C25H28FN3O4/c1-16(2)19-13-20(17-7-9-18(28)10-8-17)29-21-14-22(35-23(19)21)24(32)31-12-11-30(15-26(31,3)4)25(33)27(5,6)34;1-6-16-13-19(17-7-9-18(27)10-8-17)28-20-14-21(34-22(16)20)23(31)30-12-11-29(15-25(30,2)3)24(32)26(4,5)33;1-24(2,3)34-23(32)29-10-11-30(25(4,5)14-29)22(31)20-13-19-21(33-20)17(26)12-18(28-19)15-6-8-16(27)9-7-15;1-15-12-18(16-6-8-17(26)9-7-16)27-19-13-20(33-21(15)19)22(30)29-11-10-28(14-24(29,2)3)23(31)25(4,5)32/h7-10,13-14,16,34H,11-12,15H2,1-6H3;7-10,13-14,33H,6,11-12,15H2,1-5H3;6-9,12-13H,10-11,14H2,1-5H3;6-9,12-13,32H,10-11,14H2,1-5H3. The summed E-state index contributed by atoms with van der Waals surface area (Å²) in [6, 6.07) is 38.0. The summed E-state index contributed by atoms with van der Waals surface area (Å²) in [5.41, 5.74) is 4.66. The molecule has 4 fully saturated rings. The van der Waals surface area contributed by atoms with Gasteiger partial charge in [-0.05, 0) is 269 Å². The average Bonchev–Trinajstić information content (AvgIpc) is 1.66. The van der Waals surface area contributed by atoms with Crippen LogP contribution < -0.4 is 0 Å². The van der Waals surface area contributed by atoms with Gasteiger partial charge in [-0.25, -0.2) is 42.3 Å². The summed E-state index contributed by atoms with van der Waals surface area (Å²) in [6.07, 6.45) is 0.276. The predicted molar refractivity (Wildman–Crippen MR) is 508 cm³/mol. The number of aryl methyl sites for hydroxylation is 2. The smallest absolute Gasteiger partial charge is 0.410 e. The number of carbonyl (C=O) groups is 8. The van der Waals surface area contributed by atoms with E-state index >= 15 is 0 Å². The zero-order valence-corrected chi connectivity index (χ0v) is 81.3. The lowest BCUT2D eigenvalue weighted by molar-refractivity contribution is -0.152. The fourth-order valence-electron chi connectivity index (χ4n) is 17.3. The minimum atomic E-state index is -1.47. The van der Waals surface area contributed by atoms with E-state index < -0.39 is 50.7 Å². The van der Waals surface area contributed by atoms with Crippen molar-refractivity contribution in [2.75, 3.05) is 78.5 Å². The van der Waals surface area contributed by atoms with Gasteiger partial charge in [-0.1, -0.05) is 32.4 Å². The number of furan rings is 4. The van der Waals surface area contributed by atoms with Gasteiger partial charge in [0.25, 0.3) is 41.4 Å². The van der Waals surface area contributed by atoms with Gasteiger partial charge in [0.05, 0.1) is 50.0 Å². The minimum Gasteiger partial charge on any atom is -0.449 e. The third-order valence-electron chi connectivity index (χ3n) is 24.2. The summed E-state index contributed by atoms with van der Waals surface area (Å²) in [6.45, 7) is 41.1. The summed E-state index contributed by atoms with van der Waals surface area (Å²) in [7, 11) is 0. The van der Waals surface area contributed by atoms with Crippen LogP contribution in [0.5, 0.6) is 0 Å². The molecule has 12 heterocycles. The molecule has 12 aromatic rings. The zero-order valence-electron chi connectivity index (χ0n) is 80.5. The summed E-state index contributed by atoms with van der Waals surface area (Å²) in [5.74, 6) is -2.76. The van der Waals surface area contributed by atoms with Crippen LogP contribution in [-0.4, -0.2) is 245 Å². The molecule has 0 bridgehead atoms. The molecule has 4 aromatic carbocycles. The lowest BCUT2D eigenvalue weighted by atomic mass is 9.96. The number of pyridine rings is 4. The molecule has 8 amide bonds. The van der Waals surface area contributed by atoms with E-state index in [-0.39, 0.29) is 93.6 Å². The first-order valence-corrected chi connectivity index (χ1v) is 45.5. The number of aliphatic hydroxyl groups is 3. The molecule has 0 unspecified atom stereocenters. The molecule has 0 spiro atoms. The van der Waals surface area contributed by atoms with Crippen LogP contribution in [0.4, 0.5) is 22.4 Å². The number of hydrogen-bond acceptors (Lipinski definition) is 20. The van der Waals surface area contributed by atoms with Gasteiger partial charge in [-0.3, -0.25) is 33.6 Å². The van der Waals surface area contributed by atoms with Crippen molar-refractivity contribution < 1.29 is 93.6 Å². The quantitative estimate of drug-likeness (QED) is 0.0903. The highest BCUT2D eigenvalue weighted by Gasteiger charge is 2.48. The number of nitrogens with zero attached hydrogens (tertiary/aromatic N) is 12. The number of rotatable bonds is 13. The van der Waals surface area contributed by atoms with E-state index in [1.807, 2.05) is 122 Å². The highest BCUT2D eigenvalue weighted by Crippen LogP contribution is 2.40. The molecule has 16 rings (SSSR count). The van der Waals surface area contributed by atoms with Gasteiger partial charge in [0.1, 0.15) is 67.7 Å². The van der Waals surface area contributed by atoms with Crippen LogP contribution in [0.15, 0.2) is 163 Å². The molecule has 3 N–H and O–H groups in total. The SMILES string of the molecule is CC(C)(C)OC(=O)N1CCN(C(=O)c2cc3nc(-c4ccc(F)cc4)cc(Cl)c3o2)C(C)(C)C1.CC(C)c1cc(-c2ccc(F)cc2)nc2cc(C(=O)N3CCN(C(=O)C(C)(C)O)CC3(C)C)oc12.CCc1cc(-c2ccc(F)cc2)nc2cc(C(=O)N3CCN(C(=O)C(C)(C)O)CC3(C)C)oc12.Cc1cc(-c2ccc(F)cc2)nc2cc(C(=O)N3CCN(C(=O)C(C)(C)O)CC3(C)C)oc12. The van der Waals surface area contributed by atoms with Crippen molar-refractivity contribution in [3.63, 3.8) is 0 Å². The topological polar surface area (TPSA) is 337 Å². The number of hydrogen-bond donors (Lipinski definition) is 3. The fourth-order valence-corrected chi connectivity index (χ4v) is 17.5. The molecule has 720 valence electrons. The van der Waals surface area contributed by atoms with Crippen molar-refractivity contribution in [3.05, 3.63) is 214 Å². The Labute approximate surface area is 791 Å². The monoisotopic (exact) mass is 1890 g/mol. The van der Waals surface area contributed by atoms with E-state index in [2.05, 4.69) is 15.0 Å². The number of amides is 8. The second-order valence-electron chi connectivity index (χ2n) is 40.2. The van der Waals surface area contributed by atoms with Crippen LogP contribution in [0.3, 0.4) is 0 Å². The molecule has 4 aliphatic rings. The first-order chi connectivity index (χ1) is 63.4. The Kier molecular flexibility index (Phi) is 28.3. The van der Waals surface area contributed by atoms with E-state index in [0.29, 0.717) is 163 Å². The third kappa shape index (κ3) is 22.3. The Morgan fingerprint density at radius 2 is 0.662 bits per heavy atom. The first-order valence-electron chi connectivity index (χ1n) is 45.1. The van der Waals surface area contributed by atoms with E-state index in [1.165, 1.54) is 90.1 Å². The van der Waals surface area contributed by atoms with Gasteiger partial charge in [0, 0.05) is 131 Å². The molecule has 4 saturated heterocycles. The highest BCUT2D eigenvalue weighted by molar-refractivity contribution is 6.35. The molecule has 0 atom stereocenters. The lowest BCUT2D eigenvalue weighted by Crippen LogP contribution is -2.64. The Morgan fingerprint density at radius 1 is 0.390 bits per heavy atom. The molecular formula is C103H117ClF4N12O16. The van der Waals surface area contributed by atoms with Crippen LogP contribution in [0.2, 0.25) is 5.02 Å². The van der Waals surface area contributed by atoms with Crippen LogP contribution in [-0.2, 0) is 25.5 Å². The van der Waals surface area contributed by atoms with E-state index in [1.54, 1.807) is 118 Å². The number of aromatic nitrogens is 4. The van der Waals surface area contributed by atoms with E-state index in [4.69, 9.17) is 39.0 Å². The summed E-state index contributed by atoms with van der Waals surface area (Å²) < 4.78 is 82.6. The molecule has 28 nitrogen and oxygen atoms in total. The molecule has 0 radical (unpaired) electrons. The van der Waals surface area contributed by atoms with Crippen LogP contribution >= 0.6 is 11.6 Å². The zero-order chi connectivity index (χ0) is 99.5. The van der Waals surface area contributed by atoms with Crippen molar-refractivity contribution >= 4 is 103 Å². The molecular weight excluding hydrogens is 1770 g/mol. The van der Waals surface area contributed by atoms with Crippen molar-refractivity contribution in [1.29, 1.82) is 0 Å². The molecule has 0 aliphatic carbocycles. The van der Waals surface area contributed by atoms with Crippen molar-refractivity contribution in [3.8, 4) is 45.0 Å². The summed E-state index contributed by atoms with van der Waals surface area (Å²) in [5, 5.41) is 30.6. The Bertz CT molecular complexity index is 6560. The maximum atomic E-state index is 13.5. The normalized spacial score (nSPS) is 16.2. The Morgan fingerprint density at radius 3 is 0.978 bits per heavy atom. The van der Waals surface area contributed by atoms with Crippen molar-refractivity contribution in [1.82, 2.24) is 59.1 Å². The second kappa shape index (κ2) is 38.3. The maximum absolute atomic E-state index is 13.5. The van der Waals surface area contributed by atoms with Crippen LogP contribution in [0.1, 0.15) is 203 Å². The molecule has 0 saturated carbocycles. The van der Waals surface area contributed by atoms with Crippen LogP contribution in [0.25, 0.3) is 89.4 Å². The molecule has 136 heavy (non-hydrogen) atoms. The van der Waals surface area contributed by atoms with Gasteiger partial charge in [0.2, 0.25) is 0 Å². The molecule has 8 aromatic heterocycles. The van der Waals surface area contributed by atoms with E-state index in [0.717, 1.165) is 33.4 Å². The van der Waals surface area contributed by atoms with Gasteiger partial charge in [0.15, 0.2) is 45.4 Å². The lowest BCUT2D eigenvalue weighted by Gasteiger charge is -2.47. The number of benzene rings is 4. The van der Waals surface area contributed by atoms with Crippen LogP contribution in [0, 0.1) is 30.2 Å². The predicted octanol–water partition coefficient (Wildman–Crippen LogP) is 18.2. The largest absolute Gasteiger partial charge is 0.449 e. The number of carbonyl (C=O) groups excluding carboxylic acids is 8. The first kappa shape index (κ1) is 101. The number of halogens is 5. The van der Waals surface area contributed by atoms with Gasteiger partial charge in [-0.15, -0.1) is 0 Å². The van der Waals surface area contributed by atoms with Gasteiger partial charge in [-0.2, -0.15) is 0 Å². The minimum absolute atomic E-state index is 0.111. The third-order valence-corrected chi connectivity index (χ3v) is 24.5. The fraction of sp³-hybridized carbons (Fsp3) is 0.417. The highest BCUT2D eigenvalue weighted by atomic mass is 35.5. The van der Waals surface area contributed by atoms with Gasteiger partial charge < -0.3 is 76.9 Å². The Balaban J connectivity index is 0.000000153. The second-order valence-corrected chi connectivity index (χ2v) is 40.7. The van der Waals surface area contributed by atoms with Crippen molar-refractivity contribution in [2.24, 2.45) is 0 Å². The van der Waals surface area contributed by atoms with E-state index in [9.17, 15) is 71.2 Å². The molecule has 33 heteroatoms. The van der Waals surface area contributed by atoms with Gasteiger partial charge >= 0.3 is 6.09 Å².